The van der Waals surface area contributed by atoms with E-state index < -0.39 is 0 Å². The third-order valence-electron chi connectivity index (χ3n) is 2.88. The van der Waals surface area contributed by atoms with Gasteiger partial charge in [-0.25, -0.2) is 15.0 Å². The van der Waals surface area contributed by atoms with Crippen LogP contribution in [0.4, 0.5) is 5.82 Å². The van der Waals surface area contributed by atoms with Gasteiger partial charge in [-0.3, -0.25) is 4.79 Å². The smallest absolute Gasteiger partial charge is 0.271 e. The Morgan fingerprint density at radius 1 is 1.29 bits per heavy atom. The summed E-state index contributed by atoms with van der Waals surface area (Å²) in [6.07, 6.45) is 10.3. The zero-order valence-corrected chi connectivity index (χ0v) is 12.1. The van der Waals surface area contributed by atoms with Crippen molar-refractivity contribution in [3.8, 4) is 0 Å². The Morgan fingerprint density at radius 3 is 2.86 bits per heavy atom. The summed E-state index contributed by atoms with van der Waals surface area (Å²) in [4.78, 5) is 24.1. The highest BCUT2D eigenvalue weighted by Crippen LogP contribution is 2.01. The Hall–Kier alpha value is -2.44. The third-order valence-corrected chi connectivity index (χ3v) is 2.88. The predicted molar refractivity (Wildman–Crippen MR) is 80.0 cm³/mol. The van der Waals surface area contributed by atoms with Crippen LogP contribution in [0, 0.1) is 0 Å². The number of carbonyl (C=O) groups excluding carboxylic acids is 1. The fourth-order valence-corrected chi connectivity index (χ4v) is 1.76. The van der Waals surface area contributed by atoms with E-state index in [9.17, 15) is 4.79 Å². The van der Waals surface area contributed by atoms with Crippen molar-refractivity contribution < 1.29 is 4.79 Å². The SMILES string of the molecule is CCCNc1cnc(C(=O)NCCCn2ccnc2)cn1. The summed E-state index contributed by atoms with van der Waals surface area (Å²) in [5, 5.41) is 5.94. The molecule has 0 unspecified atom stereocenters. The molecule has 21 heavy (non-hydrogen) atoms. The maximum absolute atomic E-state index is 11.9. The fourth-order valence-electron chi connectivity index (χ4n) is 1.76. The molecule has 0 atom stereocenters. The Morgan fingerprint density at radius 2 is 2.19 bits per heavy atom. The molecule has 112 valence electrons. The summed E-state index contributed by atoms with van der Waals surface area (Å²) in [7, 11) is 0. The lowest BCUT2D eigenvalue weighted by Crippen LogP contribution is -2.26. The summed E-state index contributed by atoms with van der Waals surface area (Å²) < 4.78 is 1.97. The first kappa shape index (κ1) is 15.0. The predicted octanol–water partition coefficient (Wildman–Crippen LogP) is 1.32. The molecule has 0 aromatic carbocycles. The third kappa shape index (κ3) is 4.87. The van der Waals surface area contributed by atoms with Gasteiger partial charge in [-0.1, -0.05) is 6.92 Å². The van der Waals surface area contributed by atoms with Crippen LogP contribution in [0.25, 0.3) is 0 Å². The molecule has 2 aromatic heterocycles. The highest BCUT2D eigenvalue weighted by atomic mass is 16.1. The van der Waals surface area contributed by atoms with E-state index in [1.54, 1.807) is 18.7 Å². The van der Waals surface area contributed by atoms with E-state index in [-0.39, 0.29) is 5.91 Å². The minimum atomic E-state index is -0.199. The number of hydrogen-bond donors (Lipinski definition) is 2. The summed E-state index contributed by atoms with van der Waals surface area (Å²) >= 11 is 0. The molecule has 0 aliphatic carbocycles. The second-order valence-electron chi connectivity index (χ2n) is 4.62. The Bertz CT molecular complexity index is 537. The van der Waals surface area contributed by atoms with Crippen molar-refractivity contribution in [1.29, 1.82) is 0 Å². The van der Waals surface area contributed by atoms with Crippen LogP contribution in [0.3, 0.4) is 0 Å². The molecule has 0 saturated carbocycles. The van der Waals surface area contributed by atoms with Crippen LogP contribution in [0.5, 0.6) is 0 Å². The lowest BCUT2D eigenvalue weighted by Gasteiger charge is -2.06. The number of amides is 1. The van der Waals surface area contributed by atoms with Crippen molar-refractivity contribution >= 4 is 11.7 Å². The molecule has 2 heterocycles. The van der Waals surface area contributed by atoms with Crippen molar-refractivity contribution in [3.63, 3.8) is 0 Å². The minimum Gasteiger partial charge on any atom is -0.369 e. The van der Waals surface area contributed by atoms with E-state index in [1.807, 2.05) is 10.8 Å². The van der Waals surface area contributed by atoms with Crippen LogP contribution < -0.4 is 10.6 Å². The molecule has 0 fully saturated rings. The average molecular weight is 288 g/mol. The maximum atomic E-state index is 11.9. The molecule has 0 spiro atoms. The summed E-state index contributed by atoms with van der Waals surface area (Å²) in [5.41, 5.74) is 0.333. The summed E-state index contributed by atoms with van der Waals surface area (Å²) in [6.45, 7) is 4.33. The number of hydrogen-bond acceptors (Lipinski definition) is 5. The lowest BCUT2D eigenvalue weighted by atomic mass is 10.3. The molecule has 2 aromatic rings. The average Bonchev–Trinajstić information content (AvgIpc) is 3.03. The van der Waals surface area contributed by atoms with Gasteiger partial charge in [-0.2, -0.15) is 0 Å². The maximum Gasteiger partial charge on any atom is 0.271 e. The normalized spacial score (nSPS) is 10.3. The van der Waals surface area contributed by atoms with Crippen molar-refractivity contribution in [2.75, 3.05) is 18.4 Å². The van der Waals surface area contributed by atoms with Gasteiger partial charge in [0.1, 0.15) is 11.5 Å². The molecule has 0 aliphatic heterocycles. The lowest BCUT2D eigenvalue weighted by molar-refractivity contribution is 0.0947. The van der Waals surface area contributed by atoms with Crippen molar-refractivity contribution in [1.82, 2.24) is 24.8 Å². The minimum absolute atomic E-state index is 0.199. The Kier molecular flexibility index (Phi) is 5.69. The molecule has 2 rings (SSSR count). The molecule has 2 N–H and O–H groups in total. The molecule has 7 nitrogen and oxygen atoms in total. The quantitative estimate of drug-likeness (QED) is 0.716. The Labute approximate surface area is 123 Å². The second-order valence-corrected chi connectivity index (χ2v) is 4.62. The highest BCUT2D eigenvalue weighted by Gasteiger charge is 2.07. The molecule has 7 heteroatoms. The van der Waals surface area contributed by atoms with E-state index >= 15 is 0 Å². The zero-order valence-electron chi connectivity index (χ0n) is 12.1. The van der Waals surface area contributed by atoms with Crippen LogP contribution >= 0.6 is 0 Å². The van der Waals surface area contributed by atoms with Crippen LogP contribution in [0.1, 0.15) is 30.3 Å². The van der Waals surface area contributed by atoms with E-state index in [2.05, 4.69) is 32.5 Å². The second kappa shape index (κ2) is 7.98. The van der Waals surface area contributed by atoms with E-state index in [4.69, 9.17) is 0 Å². The molecule has 0 aliphatic rings. The molecular weight excluding hydrogens is 268 g/mol. The fraction of sp³-hybridized carbons (Fsp3) is 0.429. The molecule has 0 bridgehead atoms. The summed E-state index contributed by atoms with van der Waals surface area (Å²) in [5.74, 6) is 0.490. The number of carbonyl (C=O) groups is 1. The first-order valence-corrected chi connectivity index (χ1v) is 7.09. The number of imidazole rings is 1. The van der Waals surface area contributed by atoms with E-state index in [0.29, 0.717) is 18.1 Å². The topological polar surface area (TPSA) is 84.7 Å². The van der Waals surface area contributed by atoms with Crippen LogP contribution in [0.15, 0.2) is 31.1 Å². The molecule has 1 amide bonds. The number of aryl methyl sites for hydroxylation is 1. The van der Waals surface area contributed by atoms with Gasteiger partial charge in [-0.15, -0.1) is 0 Å². The van der Waals surface area contributed by atoms with Gasteiger partial charge in [0, 0.05) is 32.0 Å². The van der Waals surface area contributed by atoms with Gasteiger partial charge >= 0.3 is 0 Å². The number of nitrogens with one attached hydrogen (secondary N) is 2. The van der Waals surface area contributed by atoms with Crippen LogP contribution in [0.2, 0.25) is 0 Å². The molecule has 0 saturated heterocycles. The van der Waals surface area contributed by atoms with Crippen molar-refractivity contribution in [3.05, 3.63) is 36.8 Å². The number of nitrogens with zero attached hydrogens (tertiary/aromatic N) is 4. The number of anilines is 1. The molecular formula is C14H20N6O. The first-order valence-electron chi connectivity index (χ1n) is 7.09. The van der Waals surface area contributed by atoms with E-state index in [0.717, 1.165) is 25.9 Å². The Balaban J connectivity index is 1.72. The monoisotopic (exact) mass is 288 g/mol. The van der Waals surface area contributed by atoms with E-state index in [1.165, 1.54) is 6.20 Å². The van der Waals surface area contributed by atoms with Crippen molar-refractivity contribution in [2.45, 2.75) is 26.3 Å². The largest absolute Gasteiger partial charge is 0.369 e. The zero-order chi connectivity index (χ0) is 14.9. The van der Waals surface area contributed by atoms with Crippen LogP contribution in [-0.4, -0.2) is 38.5 Å². The standard InChI is InChI=1S/C14H20N6O/c1-2-4-16-13-10-18-12(9-19-13)14(21)17-5-3-7-20-8-6-15-11-20/h6,8-11H,2-5,7H2,1H3,(H,16,19)(H,17,21). The van der Waals surface area contributed by atoms with Gasteiger partial charge in [-0.05, 0) is 12.8 Å². The summed E-state index contributed by atoms with van der Waals surface area (Å²) in [6, 6.07) is 0. The van der Waals surface area contributed by atoms with Gasteiger partial charge in [0.2, 0.25) is 0 Å². The molecule has 0 radical (unpaired) electrons. The number of aromatic nitrogens is 4. The van der Waals surface area contributed by atoms with Gasteiger partial charge in [0.25, 0.3) is 5.91 Å². The van der Waals surface area contributed by atoms with Crippen molar-refractivity contribution in [2.24, 2.45) is 0 Å². The van der Waals surface area contributed by atoms with Crippen LogP contribution in [-0.2, 0) is 6.54 Å². The van der Waals surface area contributed by atoms with Gasteiger partial charge in [0.05, 0.1) is 18.7 Å². The first-order chi connectivity index (χ1) is 10.3. The van der Waals surface area contributed by atoms with Gasteiger partial charge in [0.15, 0.2) is 0 Å². The number of rotatable bonds is 8. The van der Waals surface area contributed by atoms with Gasteiger partial charge < -0.3 is 15.2 Å². The highest BCUT2D eigenvalue weighted by molar-refractivity contribution is 5.91.